The maximum absolute atomic E-state index is 10.3. The molecule has 0 fully saturated rings. The van der Waals surface area contributed by atoms with Crippen molar-refractivity contribution in [1.82, 2.24) is 4.90 Å². The Labute approximate surface area is 123 Å². The molecule has 0 saturated heterocycles. The molecule has 0 heterocycles. The second kappa shape index (κ2) is 7.09. The van der Waals surface area contributed by atoms with Crippen molar-refractivity contribution in [1.29, 1.82) is 0 Å². The van der Waals surface area contributed by atoms with Gasteiger partial charge >= 0.3 is 0 Å². The molecule has 0 amide bonds. The van der Waals surface area contributed by atoms with Gasteiger partial charge in [0, 0.05) is 13.1 Å². The first-order valence-corrected chi connectivity index (χ1v) is 7.30. The summed E-state index contributed by atoms with van der Waals surface area (Å²) in [5.41, 5.74) is 1.17. The molecule has 0 saturated carbocycles. The molecule has 3 nitrogen and oxygen atoms in total. The highest BCUT2D eigenvalue weighted by Gasteiger charge is 2.17. The van der Waals surface area contributed by atoms with Crippen molar-refractivity contribution in [2.24, 2.45) is 5.41 Å². The van der Waals surface area contributed by atoms with Crippen molar-refractivity contribution < 1.29 is 9.84 Å². The number of hydrogen-bond acceptors (Lipinski definition) is 3. The fourth-order valence-corrected chi connectivity index (χ4v) is 2.32. The minimum atomic E-state index is -0.463. The summed E-state index contributed by atoms with van der Waals surface area (Å²) in [4.78, 5) is 2.17. The molecular formula is C17H29NO2. The first-order chi connectivity index (χ1) is 9.17. The van der Waals surface area contributed by atoms with Crippen LogP contribution < -0.4 is 4.74 Å². The molecular weight excluding hydrogens is 250 g/mol. The Bertz CT molecular complexity index is 392. The van der Waals surface area contributed by atoms with Crippen molar-refractivity contribution in [2.75, 3.05) is 20.1 Å². The number of benzene rings is 1. The summed E-state index contributed by atoms with van der Waals surface area (Å²) in [5.74, 6) is 0.846. The van der Waals surface area contributed by atoms with Crippen LogP contribution in [0.25, 0.3) is 0 Å². The zero-order valence-corrected chi connectivity index (χ0v) is 13.7. The molecule has 0 bridgehead atoms. The summed E-state index contributed by atoms with van der Waals surface area (Å²) >= 11 is 0. The average Bonchev–Trinajstić information content (AvgIpc) is 2.26. The van der Waals surface area contributed by atoms with E-state index in [1.807, 2.05) is 45.2 Å². The number of aliphatic hydroxyl groups excluding tert-OH is 1. The fraction of sp³-hybridized carbons (Fsp3) is 0.647. The van der Waals surface area contributed by atoms with Crippen LogP contribution in [0, 0.1) is 5.41 Å². The number of aliphatic hydroxyl groups is 1. The monoisotopic (exact) mass is 279 g/mol. The maximum atomic E-state index is 10.3. The molecule has 0 spiro atoms. The van der Waals surface area contributed by atoms with E-state index < -0.39 is 6.10 Å². The Balaban J connectivity index is 2.57. The highest BCUT2D eigenvalue weighted by atomic mass is 16.5. The van der Waals surface area contributed by atoms with Gasteiger partial charge in [-0.25, -0.2) is 0 Å². The first kappa shape index (κ1) is 17.0. The smallest absolute Gasteiger partial charge is 0.119 e. The van der Waals surface area contributed by atoms with Crippen molar-refractivity contribution in [3.8, 4) is 5.75 Å². The van der Waals surface area contributed by atoms with Gasteiger partial charge in [-0.2, -0.15) is 0 Å². The van der Waals surface area contributed by atoms with Gasteiger partial charge in [0.25, 0.3) is 0 Å². The first-order valence-electron chi connectivity index (χ1n) is 7.30. The van der Waals surface area contributed by atoms with Gasteiger partial charge in [0.1, 0.15) is 5.75 Å². The quantitative estimate of drug-likeness (QED) is 0.865. The van der Waals surface area contributed by atoms with Crippen molar-refractivity contribution >= 4 is 0 Å². The Hall–Kier alpha value is -1.06. The molecule has 1 aromatic carbocycles. The van der Waals surface area contributed by atoms with Gasteiger partial charge in [0.15, 0.2) is 0 Å². The van der Waals surface area contributed by atoms with E-state index in [4.69, 9.17) is 4.74 Å². The zero-order valence-electron chi connectivity index (χ0n) is 13.7. The summed E-state index contributed by atoms with van der Waals surface area (Å²) in [5, 5.41) is 10.3. The van der Waals surface area contributed by atoms with Gasteiger partial charge in [0.2, 0.25) is 0 Å². The molecule has 0 aliphatic rings. The largest absolute Gasteiger partial charge is 0.491 e. The second-order valence-electron chi connectivity index (χ2n) is 7.01. The minimum Gasteiger partial charge on any atom is -0.491 e. The molecule has 3 heteroatoms. The lowest BCUT2D eigenvalue weighted by Gasteiger charge is -2.28. The SMILES string of the molecule is CC(C)Oc1ccc(C(O)CN(C)CC(C)(C)C)cc1. The molecule has 0 aliphatic heterocycles. The molecule has 1 unspecified atom stereocenters. The third kappa shape index (κ3) is 6.40. The third-order valence-electron chi connectivity index (χ3n) is 2.87. The Kier molecular flexibility index (Phi) is 6.03. The topological polar surface area (TPSA) is 32.7 Å². The predicted molar refractivity (Wildman–Crippen MR) is 84.1 cm³/mol. The Morgan fingerprint density at radius 2 is 1.70 bits per heavy atom. The lowest BCUT2D eigenvalue weighted by atomic mass is 9.96. The second-order valence-corrected chi connectivity index (χ2v) is 7.01. The molecule has 1 atom stereocenters. The van der Waals surface area contributed by atoms with Gasteiger partial charge < -0.3 is 14.7 Å². The van der Waals surface area contributed by atoms with E-state index in [9.17, 15) is 5.11 Å². The van der Waals surface area contributed by atoms with Crippen LogP contribution in [0.1, 0.15) is 46.3 Å². The summed E-state index contributed by atoms with van der Waals surface area (Å²) in [7, 11) is 2.05. The molecule has 1 rings (SSSR count). The van der Waals surface area contributed by atoms with E-state index in [1.54, 1.807) is 0 Å². The number of hydrogen-bond donors (Lipinski definition) is 1. The standard InChI is InChI=1S/C17H29NO2/c1-13(2)20-15-9-7-14(8-10-15)16(19)11-18(6)12-17(3,4)5/h7-10,13,16,19H,11-12H2,1-6H3. The van der Waals surface area contributed by atoms with Crippen LogP contribution in [-0.2, 0) is 0 Å². The maximum Gasteiger partial charge on any atom is 0.119 e. The molecule has 0 radical (unpaired) electrons. The summed E-state index contributed by atoms with van der Waals surface area (Å²) in [6.07, 6.45) is -0.292. The van der Waals surface area contributed by atoms with Gasteiger partial charge in [-0.05, 0) is 44.0 Å². The third-order valence-corrected chi connectivity index (χ3v) is 2.87. The van der Waals surface area contributed by atoms with Crippen LogP contribution in [0.5, 0.6) is 5.75 Å². The minimum absolute atomic E-state index is 0.170. The highest BCUT2D eigenvalue weighted by molar-refractivity contribution is 5.28. The van der Waals surface area contributed by atoms with E-state index in [1.165, 1.54) is 0 Å². The Morgan fingerprint density at radius 1 is 1.15 bits per heavy atom. The lowest BCUT2D eigenvalue weighted by Crippen LogP contribution is -2.32. The van der Waals surface area contributed by atoms with E-state index in [-0.39, 0.29) is 11.5 Å². The van der Waals surface area contributed by atoms with Crippen LogP contribution in [0.15, 0.2) is 24.3 Å². The molecule has 0 aliphatic carbocycles. The summed E-state index contributed by atoms with van der Waals surface area (Å²) in [6, 6.07) is 7.71. The molecule has 1 aromatic rings. The van der Waals surface area contributed by atoms with Gasteiger partial charge in [-0.3, -0.25) is 0 Å². The molecule has 0 aromatic heterocycles. The van der Waals surface area contributed by atoms with Gasteiger partial charge in [0.05, 0.1) is 12.2 Å². The number of nitrogens with zero attached hydrogens (tertiary/aromatic N) is 1. The van der Waals surface area contributed by atoms with Crippen LogP contribution in [-0.4, -0.2) is 36.2 Å². The van der Waals surface area contributed by atoms with E-state index in [2.05, 4.69) is 25.7 Å². The number of likely N-dealkylation sites (N-methyl/N-ethyl adjacent to an activating group) is 1. The normalized spacial score (nSPS) is 13.8. The Morgan fingerprint density at radius 3 is 2.15 bits per heavy atom. The fourth-order valence-electron chi connectivity index (χ4n) is 2.32. The predicted octanol–water partition coefficient (Wildman–Crippen LogP) is 3.49. The summed E-state index contributed by atoms with van der Waals surface area (Å²) in [6.45, 7) is 12.2. The van der Waals surface area contributed by atoms with Crippen molar-refractivity contribution in [3.05, 3.63) is 29.8 Å². The molecule has 114 valence electrons. The molecule has 1 N–H and O–H groups in total. The number of rotatable bonds is 6. The summed E-state index contributed by atoms with van der Waals surface area (Å²) < 4.78 is 5.60. The van der Waals surface area contributed by atoms with Crippen LogP contribution >= 0.6 is 0 Å². The highest BCUT2D eigenvalue weighted by Crippen LogP contribution is 2.21. The van der Waals surface area contributed by atoms with Crippen molar-refractivity contribution in [2.45, 2.75) is 46.8 Å². The number of ether oxygens (including phenoxy) is 1. The van der Waals surface area contributed by atoms with Crippen LogP contribution in [0.4, 0.5) is 0 Å². The van der Waals surface area contributed by atoms with E-state index in [0.29, 0.717) is 6.54 Å². The van der Waals surface area contributed by atoms with Crippen LogP contribution in [0.3, 0.4) is 0 Å². The van der Waals surface area contributed by atoms with Crippen LogP contribution in [0.2, 0.25) is 0 Å². The average molecular weight is 279 g/mol. The zero-order chi connectivity index (χ0) is 15.3. The molecule has 20 heavy (non-hydrogen) atoms. The van der Waals surface area contributed by atoms with E-state index in [0.717, 1.165) is 17.9 Å². The van der Waals surface area contributed by atoms with Gasteiger partial charge in [-0.15, -0.1) is 0 Å². The van der Waals surface area contributed by atoms with E-state index >= 15 is 0 Å². The van der Waals surface area contributed by atoms with Gasteiger partial charge in [-0.1, -0.05) is 32.9 Å². The van der Waals surface area contributed by atoms with Crippen molar-refractivity contribution in [3.63, 3.8) is 0 Å². The lowest BCUT2D eigenvalue weighted by molar-refractivity contribution is 0.108.